The van der Waals surface area contributed by atoms with Crippen molar-refractivity contribution in [2.45, 2.75) is 19.4 Å². The van der Waals surface area contributed by atoms with Gasteiger partial charge in [-0.15, -0.1) is 0 Å². The summed E-state index contributed by atoms with van der Waals surface area (Å²) in [5.74, 6) is -1.06. The van der Waals surface area contributed by atoms with Crippen LogP contribution in [0.5, 0.6) is 5.75 Å². The molecule has 0 aliphatic rings. The minimum atomic E-state index is -0.614. The maximum absolute atomic E-state index is 13.6. The van der Waals surface area contributed by atoms with E-state index in [0.717, 1.165) is 5.56 Å². The van der Waals surface area contributed by atoms with Gasteiger partial charge >= 0.3 is 0 Å². The van der Waals surface area contributed by atoms with E-state index in [1.54, 1.807) is 24.3 Å². The molecular formula is C15H15F2NO. The maximum Gasteiger partial charge on any atom is 0.149 e. The van der Waals surface area contributed by atoms with Crippen molar-refractivity contribution in [3.8, 4) is 5.75 Å². The second-order valence-electron chi connectivity index (χ2n) is 4.29. The predicted molar refractivity (Wildman–Crippen MR) is 71.1 cm³/mol. The molecule has 2 nitrogen and oxygen atoms in total. The summed E-state index contributed by atoms with van der Waals surface area (Å²) in [5, 5.41) is 12.1. The van der Waals surface area contributed by atoms with Crippen LogP contribution in [0.3, 0.4) is 0 Å². The van der Waals surface area contributed by atoms with Crippen molar-refractivity contribution in [2.24, 2.45) is 0 Å². The standard InChI is InChI=1S/C15H15F2NO/c1-2-14(10-6-8-11(19)9-7-10)18-15-12(16)4-3-5-13(15)17/h3-9,14,18-19H,2H2,1H3. The number of phenols is 1. The Kier molecular flexibility index (Phi) is 4.00. The Morgan fingerprint density at radius 1 is 1.05 bits per heavy atom. The lowest BCUT2D eigenvalue weighted by atomic mass is 10.0. The van der Waals surface area contributed by atoms with Gasteiger partial charge in [-0.05, 0) is 36.2 Å². The van der Waals surface area contributed by atoms with E-state index in [4.69, 9.17) is 0 Å². The summed E-state index contributed by atoms with van der Waals surface area (Å²) in [5.41, 5.74) is 0.741. The van der Waals surface area contributed by atoms with Crippen LogP contribution in [0, 0.1) is 11.6 Å². The van der Waals surface area contributed by atoms with E-state index in [1.807, 2.05) is 6.92 Å². The highest BCUT2D eigenvalue weighted by molar-refractivity contribution is 5.48. The molecular weight excluding hydrogens is 248 g/mol. The summed E-state index contributed by atoms with van der Waals surface area (Å²) in [7, 11) is 0. The van der Waals surface area contributed by atoms with Crippen molar-refractivity contribution in [3.63, 3.8) is 0 Å². The van der Waals surface area contributed by atoms with Gasteiger partial charge in [-0.1, -0.05) is 25.1 Å². The van der Waals surface area contributed by atoms with E-state index in [2.05, 4.69) is 5.32 Å². The van der Waals surface area contributed by atoms with Crippen LogP contribution in [0.25, 0.3) is 0 Å². The zero-order chi connectivity index (χ0) is 13.8. The fourth-order valence-electron chi connectivity index (χ4n) is 1.94. The lowest BCUT2D eigenvalue weighted by molar-refractivity contribution is 0.475. The number of halogens is 2. The Morgan fingerprint density at radius 2 is 1.63 bits per heavy atom. The number of phenolic OH excluding ortho intramolecular Hbond substituents is 1. The van der Waals surface area contributed by atoms with Crippen molar-refractivity contribution in [1.29, 1.82) is 0 Å². The molecule has 1 atom stereocenters. The second-order valence-corrected chi connectivity index (χ2v) is 4.29. The Bertz CT molecular complexity index is 534. The molecule has 0 aliphatic heterocycles. The van der Waals surface area contributed by atoms with Crippen molar-refractivity contribution >= 4 is 5.69 Å². The topological polar surface area (TPSA) is 32.3 Å². The van der Waals surface area contributed by atoms with Crippen LogP contribution >= 0.6 is 0 Å². The van der Waals surface area contributed by atoms with Crippen LogP contribution < -0.4 is 5.32 Å². The molecule has 0 saturated carbocycles. The van der Waals surface area contributed by atoms with Gasteiger partial charge in [0, 0.05) is 0 Å². The van der Waals surface area contributed by atoms with E-state index in [0.29, 0.717) is 6.42 Å². The summed E-state index contributed by atoms with van der Waals surface area (Å²) in [6.07, 6.45) is 0.665. The SMILES string of the molecule is CCC(Nc1c(F)cccc1F)c1ccc(O)cc1. The van der Waals surface area contributed by atoms with Gasteiger partial charge in [0.05, 0.1) is 6.04 Å². The smallest absolute Gasteiger partial charge is 0.149 e. The highest BCUT2D eigenvalue weighted by Gasteiger charge is 2.14. The summed E-state index contributed by atoms with van der Waals surface area (Å²) in [6, 6.07) is 10.1. The summed E-state index contributed by atoms with van der Waals surface area (Å²) in [4.78, 5) is 0. The second kappa shape index (κ2) is 5.69. The molecule has 2 aromatic rings. The van der Waals surface area contributed by atoms with Gasteiger partial charge in [-0.25, -0.2) is 8.78 Å². The fourth-order valence-corrected chi connectivity index (χ4v) is 1.94. The number of aromatic hydroxyl groups is 1. The number of rotatable bonds is 4. The molecule has 0 radical (unpaired) electrons. The third-order valence-electron chi connectivity index (χ3n) is 2.99. The average Bonchev–Trinajstić information content (AvgIpc) is 2.40. The molecule has 0 amide bonds. The van der Waals surface area contributed by atoms with E-state index < -0.39 is 11.6 Å². The van der Waals surface area contributed by atoms with Crippen LogP contribution in [0.2, 0.25) is 0 Å². The third kappa shape index (κ3) is 3.02. The molecule has 2 N–H and O–H groups in total. The Balaban J connectivity index is 2.26. The van der Waals surface area contributed by atoms with Crippen LogP contribution in [0.1, 0.15) is 24.9 Å². The number of anilines is 1. The normalized spacial score (nSPS) is 12.2. The first kappa shape index (κ1) is 13.3. The molecule has 100 valence electrons. The predicted octanol–water partition coefficient (Wildman–Crippen LogP) is 4.23. The molecule has 19 heavy (non-hydrogen) atoms. The highest BCUT2D eigenvalue weighted by atomic mass is 19.1. The Labute approximate surface area is 110 Å². The highest BCUT2D eigenvalue weighted by Crippen LogP contribution is 2.27. The number of para-hydroxylation sites is 1. The molecule has 1 unspecified atom stereocenters. The largest absolute Gasteiger partial charge is 0.508 e. The first-order valence-corrected chi connectivity index (χ1v) is 6.11. The van der Waals surface area contributed by atoms with Crippen molar-refractivity contribution in [2.75, 3.05) is 5.32 Å². The van der Waals surface area contributed by atoms with Crippen molar-refractivity contribution < 1.29 is 13.9 Å². The van der Waals surface area contributed by atoms with Gasteiger partial charge < -0.3 is 10.4 Å². The van der Waals surface area contributed by atoms with Crippen molar-refractivity contribution in [1.82, 2.24) is 0 Å². The molecule has 0 fully saturated rings. The lowest BCUT2D eigenvalue weighted by Crippen LogP contribution is -2.12. The molecule has 4 heteroatoms. The van der Waals surface area contributed by atoms with Gasteiger partial charge in [0.1, 0.15) is 23.1 Å². The minimum Gasteiger partial charge on any atom is -0.508 e. The molecule has 2 rings (SSSR count). The lowest BCUT2D eigenvalue weighted by Gasteiger charge is -2.19. The van der Waals surface area contributed by atoms with E-state index in [9.17, 15) is 13.9 Å². The third-order valence-corrected chi connectivity index (χ3v) is 2.99. The van der Waals surface area contributed by atoms with E-state index in [-0.39, 0.29) is 17.5 Å². The van der Waals surface area contributed by atoms with Crippen LogP contribution in [0.15, 0.2) is 42.5 Å². The molecule has 0 spiro atoms. The van der Waals surface area contributed by atoms with Crippen molar-refractivity contribution in [3.05, 3.63) is 59.7 Å². The van der Waals surface area contributed by atoms with E-state index >= 15 is 0 Å². The maximum atomic E-state index is 13.6. The summed E-state index contributed by atoms with van der Waals surface area (Å²) in [6.45, 7) is 1.92. The number of benzene rings is 2. The number of hydrogen-bond donors (Lipinski definition) is 2. The minimum absolute atomic E-state index is 0.123. The molecule has 0 heterocycles. The fraction of sp³-hybridized carbons (Fsp3) is 0.200. The molecule has 0 saturated heterocycles. The molecule has 0 aromatic heterocycles. The zero-order valence-corrected chi connectivity index (χ0v) is 10.5. The van der Waals surface area contributed by atoms with Gasteiger partial charge in [-0.2, -0.15) is 0 Å². The first-order valence-electron chi connectivity index (χ1n) is 6.11. The first-order chi connectivity index (χ1) is 9.11. The van der Waals surface area contributed by atoms with E-state index in [1.165, 1.54) is 18.2 Å². The monoisotopic (exact) mass is 263 g/mol. The Morgan fingerprint density at radius 3 is 2.16 bits per heavy atom. The van der Waals surface area contributed by atoms with Gasteiger partial charge in [0.15, 0.2) is 0 Å². The molecule has 0 aliphatic carbocycles. The van der Waals surface area contributed by atoms with Gasteiger partial charge in [0.2, 0.25) is 0 Å². The van der Waals surface area contributed by atoms with Gasteiger partial charge in [0.25, 0.3) is 0 Å². The molecule has 0 bridgehead atoms. The molecule has 2 aromatic carbocycles. The summed E-state index contributed by atoms with van der Waals surface area (Å²) >= 11 is 0. The zero-order valence-electron chi connectivity index (χ0n) is 10.5. The van der Waals surface area contributed by atoms with Crippen LogP contribution in [-0.4, -0.2) is 5.11 Å². The number of nitrogens with one attached hydrogen (secondary N) is 1. The number of hydrogen-bond acceptors (Lipinski definition) is 2. The van der Waals surface area contributed by atoms with Crippen LogP contribution in [-0.2, 0) is 0 Å². The summed E-state index contributed by atoms with van der Waals surface area (Å²) < 4.78 is 27.2. The van der Waals surface area contributed by atoms with Gasteiger partial charge in [-0.3, -0.25) is 0 Å². The quantitative estimate of drug-likeness (QED) is 0.865. The average molecular weight is 263 g/mol. The Hall–Kier alpha value is -2.10. The van der Waals surface area contributed by atoms with Crippen LogP contribution in [0.4, 0.5) is 14.5 Å².